The van der Waals surface area contributed by atoms with Crippen molar-refractivity contribution in [2.24, 2.45) is 13.0 Å². The Bertz CT molecular complexity index is 994. The van der Waals surface area contributed by atoms with Gasteiger partial charge in [-0.2, -0.15) is 18.3 Å². The molecule has 1 N–H and O–H groups in total. The van der Waals surface area contributed by atoms with E-state index in [4.69, 9.17) is 9.90 Å². The molecule has 3 aromatic rings. The van der Waals surface area contributed by atoms with Crippen molar-refractivity contribution in [1.29, 1.82) is 0 Å². The highest BCUT2D eigenvalue weighted by Crippen LogP contribution is 2.21. The fourth-order valence-electron chi connectivity index (χ4n) is 3.53. The van der Waals surface area contributed by atoms with Gasteiger partial charge in [0.2, 0.25) is 0 Å². The maximum Gasteiger partial charge on any atom is 0.490 e. The number of likely N-dealkylation sites (tertiary alicyclic amines) is 1. The molecular formula is C21H25F3N6O2. The van der Waals surface area contributed by atoms with Crippen molar-refractivity contribution in [3.05, 3.63) is 54.5 Å². The Labute approximate surface area is 183 Å². The highest BCUT2D eigenvalue weighted by Gasteiger charge is 2.38. The fourth-order valence-corrected chi connectivity index (χ4v) is 3.53. The third-order valence-electron chi connectivity index (χ3n) is 5.17. The number of halogens is 3. The summed E-state index contributed by atoms with van der Waals surface area (Å²) in [6.45, 7) is 4.24. The zero-order valence-corrected chi connectivity index (χ0v) is 17.6. The van der Waals surface area contributed by atoms with Crippen molar-refractivity contribution in [2.75, 3.05) is 13.1 Å². The second-order valence-electron chi connectivity index (χ2n) is 7.74. The number of aromatic nitrogens is 5. The van der Waals surface area contributed by atoms with Crippen molar-refractivity contribution in [1.82, 2.24) is 29.7 Å². The SMILES string of the molecule is Cn1cc(CN2CCC(Cn3cc(-c4ccccc4)nn3)CC2)cn1.O=C(O)C(F)(F)F. The Morgan fingerprint density at radius 1 is 1.16 bits per heavy atom. The molecule has 1 aromatic carbocycles. The fraction of sp³-hybridized carbons (Fsp3) is 0.429. The quantitative estimate of drug-likeness (QED) is 0.642. The number of rotatable bonds is 5. The van der Waals surface area contributed by atoms with Crippen LogP contribution >= 0.6 is 0 Å². The largest absolute Gasteiger partial charge is 0.490 e. The van der Waals surface area contributed by atoms with Crippen LogP contribution in [-0.2, 0) is 24.9 Å². The highest BCUT2D eigenvalue weighted by atomic mass is 19.4. The summed E-state index contributed by atoms with van der Waals surface area (Å²) in [4.78, 5) is 11.4. The predicted octanol–water partition coefficient (Wildman–Crippen LogP) is 3.22. The number of carbonyl (C=O) groups is 1. The van der Waals surface area contributed by atoms with Gasteiger partial charge in [-0.3, -0.25) is 14.3 Å². The van der Waals surface area contributed by atoms with Gasteiger partial charge in [-0.1, -0.05) is 35.5 Å². The minimum atomic E-state index is -5.08. The first-order valence-corrected chi connectivity index (χ1v) is 10.2. The minimum absolute atomic E-state index is 0.676. The Morgan fingerprint density at radius 3 is 2.38 bits per heavy atom. The van der Waals surface area contributed by atoms with E-state index in [1.807, 2.05) is 40.8 Å². The molecule has 0 saturated carbocycles. The molecule has 8 nitrogen and oxygen atoms in total. The molecule has 11 heteroatoms. The van der Waals surface area contributed by atoms with Gasteiger partial charge in [0.25, 0.3) is 0 Å². The van der Waals surface area contributed by atoms with Crippen LogP contribution in [0.3, 0.4) is 0 Å². The van der Waals surface area contributed by atoms with Crippen LogP contribution in [0.15, 0.2) is 48.9 Å². The summed E-state index contributed by atoms with van der Waals surface area (Å²) in [6, 6.07) is 10.2. The number of alkyl halides is 3. The summed E-state index contributed by atoms with van der Waals surface area (Å²) < 4.78 is 35.6. The van der Waals surface area contributed by atoms with Crippen molar-refractivity contribution < 1.29 is 23.1 Å². The molecule has 0 radical (unpaired) electrons. The summed E-state index contributed by atoms with van der Waals surface area (Å²) in [5.41, 5.74) is 3.37. The molecule has 1 fully saturated rings. The number of hydrogen-bond acceptors (Lipinski definition) is 5. The van der Waals surface area contributed by atoms with Crippen molar-refractivity contribution in [2.45, 2.75) is 32.1 Å². The number of nitrogens with zero attached hydrogens (tertiary/aromatic N) is 6. The van der Waals surface area contributed by atoms with E-state index in [2.05, 4.69) is 44.8 Å². The Kier molecular flexibility index (Phi) is 7.62. The summed E-state index contributed by atoms with van der Waals surface area (Å²) in [5.74, 6) is -2.08. The van der Waals surface area contributed by atoms with E-state index in [0.717, 1.165) is 37.4 Å². The molecule has 3 heterocycles. The van der Waals surface area contributed by atoms with Gasteiger partial charge >= 0.3 is 12.1 Å². The lowest BCUT2D eigenvalue weighted by Crippen LogP contribution is -2.34. The van der Waals surface area contributed by atoms with E-state index in [-0.39, 0.29) is 0 Å². The number of hydrogen-bond donors (Lipinski definition) is 1. The van der Waals surface area contributed by atoms with Crippen LogP contribution in [0.25, 0.3) is 11.3 Å². The maximum atomic E-state index is 10.6. The molecule has 172 valence electrons. The average Bonchev–Trinajstić information content (AvgIpc) is 3.39. The van der Waals surface area contributed by atoms with Gasteiger partial charge in [0.05, 0.1) is 12.4 Å². The Morgan fingerprint density at radius 2 is 1.81 bits per heavy atom. The highest BCUT2D eigenvalue weighted by molar-refractivity contribution is 5.73. The molecule has 0 aliphatic carbocycles. The number of carboxylic acid groups (broad SMARTS) is 1. The molecule has 1 saturated heterocycles. The monoisotopic (exact) mass is 450 g/mol. The van der Waals surface area contributed by atoms with Gasteiger partial charge < -0.3 is 5.11 Å². The molecule has 0 unspecified atom stereocenters. The van der Waals surface area contributed by atoms with Crippen molar-refractivity contribution >= 4 is 5.97 Å². The molecule has 0 spiro atoms. The summed E-state index contributed by atoms with van der Waals surface area (Å²) in [5, 5.41) is 20.0. The number of piperidine rings is 1. The van der Waals surface area contributed by atoms with Crippen LogP contribution < -0.4 is 0 Å². The van der Waals surface area contributed by atoms with E-state index in [9.17, 15) is 13.2 Å². The standard InChI is InChI=1S/C19H24N6.C2HF3O2/c1-23-12-17(11-20-23)13-24-9-7-16(8-10-24)14-25-15-19(21-22-25)18-5-3-2-4-6-18;3-2(4,5)1(6)7/h2-6,11-12,15-16H,7-10,13-14H2,1H3;(H,6,7). The second kappa shape index (κ2) is 10.4. The first kappa shape index (κ1) is 23.5. The smallest absolute Gasteiger partial charge is 0.475 e. The molecule has 2 aromatic heterocycles. The van der Waals surface area contributed by atoms with E-state index >= 15 is 0 Å². The lowest BCUT2D eigenvalue weighted by Gasteiger charge is -2.31. The van der Waals surface area contributed by atoms with Crippen LogP contribution in [0.2, 0.25) is 0 Å². The first-order chi connectivity index (χ1) is 15.2. The number of benzene rings is 1. The topological polar surface area (TPSA) is 89.1 Å². The van der Waals surface area contributed by atoms with E-state index in [0.29, 0.717) is 5.92 Å². The van der Waals surface area contributed by atoms with Gasteiger partial charge in [-0.05, 0) is 31.8 Å². The van der Waals surface area contributed by atoms with Crippen LogP contribution in [0.1, 0.15) is 18.4 Å². The molecule has 1 aliphatic rings. The molecule has 0 atom stereocenters. The third-order valence-corrected chi connectivity index (χ3v) is 5.17. The second-order valence-corrected chi connectivity index (χ2v) is 7.74. The zero-order chi connectivity index (χ0) is 23.1. The Hall–Kier alpha value is -3.21. The van der Waals surface area contributed by atoms with Crippen LogP contribution in [-0.4, -0.2) is 60.0 Å². The molecule has 4 rings (SSSR count). The van der Waals surface area contributed by atoms with Crippen molar-refractivity contribution in [3.63, 3.8) is 0 Å². The molecule has 0 bridgehead atoms. The summed E-state index contributed by atoms with van der Waals surface area (Å²) in [7, 11) is 1.97. The minimum Gasteiger partial charge on any atom is -0.475 e. The van der Waals surface area contributed by atoms with Gasteiger partial charge in [0.15, 0.2) is 0 Å². The molecule has 0 amide bonds. The van der Waals surface area contributed by atoms with Gasteiger partial charge in [0, 0.05) is 37.5 Å². The Balaban J connectivity index is 0.000000360. The first-order valence-electron chi connectivity index (χ1n) is 10.2. The van der Waals surface area contributed by atoms with Gasteiger partial charge in [-0.25, -0.2) is 4.79 Å². The van der Waals surface area contributed by atoms with Gasteiger partial charge in [-0.15, -0.1) is 5.10 Å². The van der Waals surface area contributed by atoms with Crippen LogP contribution in [0, 0.1) is 5.92 Å². The lowest BCUT2D eigenvalue weighted by molar-refractivity contribution is -0.192. The zero-order valence-electron chi connectivity index (χ0n) is 17.6. The van der Waals surface area contributed by atoms with Gasteiger partial charge in [0.1, 0.15) is 5.69 Å². The molecule has 32 heavy (non-hydrogen) atoms. The summed E-state index contributed by atoms with van der Waals surface area (Å²) in [6.07, 6.45) is 3.47. The van der Waals surface area contributed by atoms with Crippen LogP contribution in [0.4, 0.5) is 13.2 Å². The maximum absolute atomic E-state index is 10.6. The predicted molar refractivity (Wildman–Crippen MR) is 110 cm³/mol. The summed E-state index contributed by atoms with van der Waals surface area (Å²) >= 11 is 0. The van der Waals surface area contributed by atoms with Crippen molar-refractivity contribution in [3.8, 4) is 11.3 Å². The van der Waals surface area contributed by atoms with E-state index in [1.165, 1.54) is 18.4 Å². The lowest BCUT2D eigenvalue weighted by atomic mass is 9.96. The third kappa shape index (κ3) is 6.91. The average molecular weight is 450 g/mol. The molecular weight excluding hydrogens is 425 g/mol. The normalized spacial score (nSPS) is 15.2. The molecule has 1 aliphatic heterocycles. The van der Waals surface area contributed by atoms with Crippen LogP contribution in [0.5, 0.6) is 0 Å². The number of carboxylic acids is 1. The number of aryl methyl sites for hydroxylation is 1. The number of aliphatic carboxylic acids is 1. The van der Waals surface area contributed by atoms with E-state index in [1.54, 1.807) is 0 Å². The van der Waals surface area contributed by atoms with E-state index < -0.39 is 12.1 Å².